The summed E-state index contributed by atoms with van der Waals surface area (Å²) in [7, 11) is 1.59. The molecule has 5 heteroatoms. The number of fused-ring (bicyclic) bond motifs is 1. The first-order chi connectivity index (χ1) is 13.0. The van der Waals surface area contributed by atoms with Crippen LogP contribution in [0.3, 0.4) is 0 Å². The molecule has 0 fully saturated rings. The molecule has 27 heavy (non-hydrogen) atoms. The van der Waals surface area contributed by atoms with Gasteiger partial charge < -0.3 is 14.4 Å². The van der Waals surface area contributed by atoms with Crippen LogP contribution in [0.15, 0.2) is 42.5 Å². The van der Waals surface area contributed by atoms with Crippen molar-refractivity contribution >= 4 is 23.5 Å². The molecule has 1 aliphatic rings. The molecule has 0 radical (unpaired) electrons. The van der Waals surface area contributed by atoms with Crippen LogP contribution in [0.1, 0.15) is 35.3 Å². The molecule has 0 aliphatic carbocycles. The minimum absolute atomic E-state index is 0.0342. The molecule has 0 saturated heterocycles. The van der Waals surface area contributed by atoms with Gasteiger partial charge >= 0.3 is 0 Å². The fraction of sp³-hybridized carbons (Fsp3) is 0.273. The third kappa shape index (κ3) is 4.03. The van der Waals surface area contributed by atoms with E-state index < -0.39 is 0 Å². The predicted molar refractivity (Wildman–Crippen MR) is 106 cm³/mol. The third-order valence-electron chi connectivity index (χ3n) is 4.55. The second-order valence-corrected chi connectivity index (χ2v) is 6.32. The van der Waals surface area contributed by atoms with Gasteiger partial charge in [0.05, 0.1) is 13.7 Å². The molecule has 0 spiro atoms. The van der Waals surface area contributed by atoms with Gasteiger partial charge in [-0.3, -0.25) is 9.59 Å². The number of carbonyl (C=O) groups excluding carboxylic acids is 2. The van der Waals surface area contributed by atoms with Gasteiger partial charge in [-0.1, -0.05) is 6.07 Å². The number of ketones is 1. The molecule has 1 heterocycles. The monoisotopic (exact) mass is 365 g/mol. The average Bonchev–Trinajstić information content (AvgIpc) is 3.10. The number of rotatable bonds is 6. The SMILES string of the molecule is CCOc1ccc(/C=C/C(=O)N2CCc3cc(C(C)=O)ccc32)cc1OC. The molecule has 1 amide bonds. The van der Waals surface area contributed by atoms with E-state index in [1.165, 1.54) is 0 Å². The molecule has 0 N–H and O–H groups in total. The first kappa shape index (κ1) is 18.7. The van der Waals surface area contributed by atoms with Crippen molar-refractivity contribution in [3.63, 3.8) is 0 Å². The van der Waals surface area contributed by atoms with Crippen LogP contribution in [0.5, 0.6) is 11.5 Å². The van der Waals surface area contributed by atoms with Crippen molar-refractivity contribution in [2.24, 2.45) is 0 Å². The maximum Gasteiger partial charge on any atom is 0.251 e. The Bertz CT molecular complexity index is 901. The minimum atomic E-state index is -0.0859. The van der Waals surface area contributed by atoms with Crippen molar-refractivity contribution in [3.05, 3.63) is 59.2 Å². The number of methoxy groups -OCH3 is 1. The second kappa shape index (κ2) is 8.08. The Morgan fingerprint density at radius 2 is 1.96 bits per heavy atom. The zero-order chi connectivity index (χ0) is 19.4. The molecule has 3 rings (SSSR count). The van der Waals surface area contributed by atoms with Gasteiger partial charge in [0, 0.05) is 23.9 Å². The van der Waals surface area contributed by atoms with Crippen molar-refractivity contribution in [2.75, 3.05) is 25.2 Å². The molecule has 0 atom stereocenters. The molecule has 2 aromatic rings. The molecule has 140 valence electrons. The Kier molecular flexibility index (Phi) is 5.60. The highest BCUT2D eigenvalue weighted by molar-refractivity contribution is 6.05. The largest absolute Gasteiger partial charge is 0.493 e. The van der Waals surface area contributed by atoms with E-state index in [2.05, 4.69) is 0 Å². The van der Waals surface area contributed by atoms with Crippen LogP contribution >= 0.6 is 0 Å². The topological polar surface area (TPSA) is 55.8 Å². The lowest BCUT2D eigenvalue weighted by molar-refractivity contribution is -0.114. The molecule has 0 bridgehead atoms. The van der Waals surface area contributed by atoms with Crippen LogP contribution < -0.4 is 14.4 Å². The summed E-state index contributed by atoms with van der Waals surface area (Å²) in [6.45, 7) is 4.64. The number of amides is 1. The number of carbonyl (C=O) groups is 2. The van der Waals surface area contributed by atoms with Crippen LogP contribution in [0.25, 0.3) is 6.08 Å². The van der Waals surface area contributed by atoms with E-state index in [-0.39, 0.29) is 11.7 Å². The first-order valence-electron chi connectivity index (χ1n) is 8.97. The number of anilines is 1. The van der Waals surface area contributed by atoms with Crippen molar-refractivity contribution in [1.29, 1.82) is 0 Å². The van der Waals surface area contributed by atoms with Gasteiger partial charge in [-0.15, -0.1) is 0 Å². The maximum absolute atomic E-state index is 12.6. The van der Waals surface area contributed by atoms with Crippen molar-refractivity contribution < 1.29 is 19.1 Å². The van der Waals surface area contributed by atoms with Gasteiger partial charge in [-0.05, 0) is 67.8 Å². The Balaban J connectivity index is 1.76. The van der Waals surface area contributed by atoms with Gasteiger partial charge in [0.1, 0.15) is 0 Å². The third-order valence-corrected chi connectivity index (χ3v) is 4.55. The Morgan fingerprint density at radius 3 is 2.67 bits per heavy atom. The van der Waals surface area contributed by atoms with E-state index in [0.717, 1.165) is 23.2 Å². The Hall–Kier alpha value is -3.08. The quantitative estimate of drug-likeness (QED) is 0.575. The number of Topliss-reactive ketones (excluding diaryl/α,β-unsaturated/α-hetero) is 1. The molecule has 0 saturated carbocycles. The standard InChI is InChI=1S/C22H23NO4/c1-4-27-20-9-5-16(13-21(20)26-3)6-10-22(25)23-12-11-18-14-17(15(2)24)7-8-19(18)23/h5-10,13-14H,4,11-12H2,1-3H3/b10-6+. The van der Waals surface area contributed by atoms with Crippen molar-refractivity contribution in [1.82, 2.24) is 0 Å². The second-order valence-electron chi connectivity index (χ2n) is 6.32. The smallest absolute Gasteiger partial charge is 0.251 e. The van der Waals surface area contributed by atoms with Crippen molar-refractivity contribution in [2.45, 2.75) is 20.3 Å². The van der Waals surface area contributed by atoms with Crippen LogP contribution in [-0.4, -0.2) is 32.0 Å². The summed E-state index contributed by atoms with van der Waals surface area (Å²) >= 11 is 0. The van der Waals surface area contributed by atoms with Gasteiger partial charge in [0.25, 0.3) is 5.91 Å². The highest BCUT2D eigenvalue weighted by atomic mass is 16.5. The summed E-state index contributed by atoms with van der Waals surface area (Å²) in [6.07, 6.45) is 4.08. The fourth-order valence-electron chi connectivity index (χ4n) is 3.17. The minimum Gasteiger partial charge on any atom is -0.493 e. The zero-order valence-electron chi connectivity index (χ0n) is 15.8. The van der Waals surface area contributed by atoms with E-state index >= 15 is 0 Å². The number of benzene rings is 2. The van der Waals surface area contributed by atoms with E-state index in [0.29, 0.717) is 30.2 Å². The lowest BCUT2D eigenvalue weighted by atomic mass is 10.1. The van der Waals surface area contributed by atoms with Gasteiger partial charge in [0.2, 0.25) is 0 Å². The molecule has 5 nitrogen and oxygen atoms in total. The summed E-state index contributed by atoms with van der Waals surface area (Å²) in [6, 6.07) is 11.1. The Morgan fingerprint density at radius 1 is 1.15 bits per heavy atom. The fourth-order valence-corrected chi connectivity index (χ4v) is 3.17. The highest BCUT2D eigenvalue weighted by Gasteiger charge is 2.23. The predicted octanol–water partition coefficient (Wildman–Crippen LogP) is 3.90. The summed E-state index contributed by atoms with van der Waals surface area (Å²) in [4.78, 5) is 25.9. The van der Waals surface area contributed by atoms with E-state index in [4.69, 9.17) is 9.47 Å². The Labute approximate surface area is 159 Å². The number of ether oxygens (including phenoxy) is 2. The summed E-state index contributed by atoms with van der Waals surface area (Å²) in [5, 5.41) is 0. The zero-order valence-corrected chi connectivity index (χ0v) is 15.8. The lowest BCUT2D eigenvalue weighted by Crippen LogP contribution is -2.26. The van der Waals surface area contributed by atoms with Crippen LogP contribution in [0.4, 0.5) is 5.69 Å². The number of hydrogen-bond acceptors (Lipinski definition) is 4. The van der Waals surface area contributed by atoms with E-state index in [1.807, 2.05) is 37.3 Å². The van der Waals surface area contributed by atoms with Crippen LogP contribution in [0.2, 0.25) is 0 Å². The van der Waals surface area contributed by atoms with Crippen molar-refractivity contribution in [3.8, 4) is 11.5 Å². The average molecular weight is 365 g/mol. The molecule has 2 aromatic carbocycles. The van der Waals surface area contributed by atoms with Crippen LogP contribution in [0, 0.1) is 0 Å². The molecule has 0 aromatic heterocycles. The maximum atomic E-state index is 12.6. The van der Waals surface area contributed by atoms with Crippen LogP contribution in [-0.2, 0) is 11.2 Å². The first-order valence-corrected chi connectivity index (χ1v) is 8.97. The number of nitrogens with zero attached hydrogens (tertiary/aromatic N) is 1. The molecule has 0 unspecified atom stereocenters. The summed E-state index contributed by atoms with van der Waals surface area (Å²) < 4.78 is 10.8. The van der Waals surface area contributed by atoms with Gasteiger partial charge in [0.15, 0.2) is 17.3 Å². The van der Waals surface area contributed by atoms with E-state index in [9.17, 15) is 9.59 Å². The summed E-state index contributed by atoms with van der Waals surface area (Å²) in [5.74, 6) is 1.26. The van der Waals surface area contributed by atoms with Gasteiger partial charge in [-0.25, -0.2) is 0 Å². The normalized spacial score (nSPS) is 12.9. The molecule has 1 aliphatic heterocycles. The summed E-state index contributed by atoms with van der Waals surface area (Å²) in [5.41, 5.74) is 3.45. The van der Waals surface area contributed by atoms with E-state index in [1.54, 1.807) is 37.2 Å². The number of hydrogen-bond donors (Lipinski definition) is 0. The molecular weight excluding hydrogens is 342 g/mol. The van der Waals surface area contributed by atoms with Gasteiger partial charge in [-0.2, -0.15) is 0 Å². The molecular formula is C22H23NO4. The lowest BCUT2D eigenvalue weighted by Gasteiger charge is -2.15. The highest BCUT2D eigenvalue weighted by Crippen LogP contribution is 2.30.